The second kappa shape index (κ2) is 5.89. The lowest BCUT2D eigenvalue weighted by molar-refractivity contribution is 0.366. The van der Waals surface area contributed by atoms with Gasteiger partial charge in [0.05, 0.1) is 17.3 Å². The average Bonchev–Trinajstić information content (AvgIpc) is 2.94. The topological polar surface area (TPSA) is 50.1 Å². The molecule has 0 bridgehead atoms. The normalized spacial score (nSPS) is 16.2. The molecule has 0 spiro atoms. The number of anilines is 2. The first-order valence-electron chi connectivity index (χ1n) is 7.08. The van der Waals surface area contributed by atoms with Gasteiger partial charge < -0.3 is 9.80 Å². The molecular weight excluding hydrogens is 288 g/mol. The van der Waals surface area contributed by atoms with E-state index in [1.165, 1.54) is 0 Å². The van der Waals surface area contributed by atoms with Crippen molar-refractivity contribution in [1.29, 1.82) is 0 Å². The van der Waals surface area contributed by atoms with Gasteiger partial charge in [-0.1, -0.05) is 11.6 Å². The van der Waals surface area contributed by atoms with Gasteiger partial charge in [0.2, 0.25) is 0 Å². The third kappa shape index (κ3) is 2.95. The third-order valence-electron chi connectivity index (χ3n) is 3.79. The predicted molar refractivity (Wildman–Crippen MR) is 84.1 cm³/mol. The second-order valence-electron chi connectivity index (χ2n) is 5.45. The zero-order valence-corrected chi connectivity index (χ0v) is 13.0. The Labute approximate surface area is 129 Å². The highest BCUT2D eigenvalue weighted by Crippen LogP contribution is 2.29. The largest absolute Gasteiger partial charge is 0.360 e. The smallest absolute Gasteiger partial charge is 0.171 e. The Kier molecular flexibility index (Phi) is 3.96. The Morgan fingerprint density at radius 1 is 1.19 bits per heavy atom. The Morgan fingerprint density at radius 2 is 1.90 bits per heavy atom. The Balaban J connectivity index is 1.71. The van der Waals surface area contributed by atoms with Crippen molar-refractivity contribution in [3.05, 3.63) is 29.8 Å². The van der Waals surface area contributed by atoms with E-state index in [9.17, 15) is 0 Å². The van der Waals surface area contributed by atoms with Gasteiger partial charge in [-0.25, -0.2) is 9.97 Å². The number of hydrogen-bond donors (Lipinski definition) is 0. The van der Waals surface area contributed by atoms with Crippen LogP contribution in [-0.2, 0) is 0 Å². The summed E-state index contributed by atoms with van der Waals surface area (Å²) in [5.74, 6) is 1.87. The number of aromatic nitrogens is 4. The molecule has 112 valence electrons. The maximum Gasteiger partial charge on any atom is 0.171 e. The minimum absolute atomic E-state index is 0.410. The summed E-state index contributed by atoms with van der Waals surface area (Å²) in [6.07, 6.45) is 9.14. The van der Waals surface area contributed by atoms with E-state index in [2.05, 4.69) is 20.0 Å². The summed E-state index contributed by atoms with van der Waals surface area (Å²) < 4.78 is 1.98. The van der Waals surface area contributed by atoms with E-state index in [0.29, 0.717) is 11.1 Å². The number of nitrogens with zero attached hydrogens (tertiary/aromatic N) is 6. The summed E-state index contributed by atoms with van der Waals surface area (Å²) in [6, 6.07) is 0.410. The SMILES string of the molecule is CN(C)c1nccnc1N1CCC(n2cc(Cl)cn2)CC1. The van der Waals surface area contributed by atoms with Crippen LogP contribution in [0.25, 0.3) is 0 Å². The van der Waals surface area contributed by atoms with Crippen molar-refractivity contribution >= 4 is 23.2 Å². The van der Waals surface area contributed by atoms with E-state index < -0.39 is 0 Å². The maximum absolute atomic E-state index is 5.94. The fourth-order valence-electron chi connectivity index (χ4n) is 2.72. The lowest BCUT2D eigenvalue weighted by atomic mass is 10.1. The minimum atomic E-state index is 0.410. The molecule has 2 aromatic rings. The molecule has 1 saturated heterocycles. The zero-order chi connectivity index (χ0) is 14.8. The molecule has 21 heavy (non-hydrogen) atoms. The third-order valence-corrected chi connectivity index (χ3v) is 3.99. The van der Waals surface area contributed by atoms with E-state index in [1.807, 2.05) is 29.9 Å². The van der Waals surface area contributed by atoms with Crippen molar-refractivity contribution in [1.82, 2.24) is 19.7 Å². The van der Waals surface area contributed by atoms with Gasteiger partial charge in [-0.15, -0.1) is 0 Å². The van der Waals surface area contributed by atoms with Gasteiger partial charge in [0.25, 0.3) is 0 Å². The summed E-state index contributed by atoms with van der Waals surface area (Å²) in [7, 11) is 3.98. The molecule has 0 saturated carbocycles. The molecule has 6 nitrogen and oxygen atoms in total. The van der Waals surface area contributed by atoms with Crippen molar-refractivity contribution in [2.75, 3.05) is 37.0 Å². The van der Waals surface area contributed by atoms with Crippen LogP contribution in [0.1, 0.15) is 18.9 Å². The van der Waals surface area contributed by atoms with Crippen LogP contribution < -0.4 is 9.80 Å². The molecule has 7 heteroatoms. The highest BCUT2D eigenvalue weighted by molar-refractivity contribution is 6.30. The monoisotopic (exact) mass is 306 g/mol. The quantitative estimate of drug-likeness (QED) is 0.870. The maximum atomic E-state index is 5.94. The van der Waals surface area contributed by atoms with Crippen LogP contribution >= 0.6 is 11.6 Å². The molecular formula is C14H19ClN6. The van der Waals surface area contributed by atoms with Crippen LogP contribution in [-0.4, -0.2) is 46.9 Å². The lowest BCUT2D eigenvalue weighted by Crippen LogP contribution is -2.36. The highest BCUT2D eigenvalue weighted by Gasteiger charge is 2.24. The van der Waals surface area contributed by atoms with Crippen molar-refractivity contribution in [3.63, 3.8) is 0 Å². The van der Waals surface area contributed by atoms with Gasteiger partial charge in [0, 0.05) is 45.8 Å². The lowest BCUT2D eigenvalue weighted by Gasteiger charge is -2.34. The molecule has 3 heterocycles. The number of rotatable bonds is 3. The fraction of sp³-hybridized carbons (Fsp3) is 0.500. The summed E-state index contributed by atoms with van der Waals surface area (Å²) in [6.45, 7) is 1.89. The molecule has 1 aliphatic rings. The van der Waals surface area contributed by atoms with Gasteiger partial charge in [-0.3, -0.25) is 4.68 Å². The first-order valence-corrected chi connectivity index (χ1v) is 7.46. The molecule has 0 N–H and O–H groups in total. The van der Waals surface area contributed by atoms with Gasteiger partial charge in [0.1, 0.15) is 0 Å². The molecule has 0 amide bonds. The molecule has 0 radical (unpaired) electrons. The van der Waals surface area contributed by atoms with Crippen molar-refractivity contribution < 1.29 is 0 Å². The molecule has 0 aliphatic carbocycles. The van der Waals surface area contributed by atoms with E-state index in [-0.39, 0.29) is 0 Å². The Morgan fingerprint density at radius 3 is 2.52 bits per heavy atom. The van der Waals surface area contributed by atoms with E-state index >= 15 is 0 Å². The summed E-state index contributed by atoms with van der Waals surface area (Å²) in [4.78, 5) is 13.2. The van der Waals surface area contributed by atoms with E-state index in [1.54, 1.807) is 18.6 Å². The standard InChI is InChI=1S/C14H19ClN6/c1-19(2)13-14(17-6-5-16-13)20-7-3-12(4-8-20)21-10-11(15)9-18-21/h5-6,9-10,12H,3-4,7-8H2,1-2H3. The predicted octanol–water partition coefficient (Wildman–Crippen LogP) is 2.23. The molecule has 1 aliphatic heterocycles. The second-order valence-corrected chi connectivity index (χ2v) is 5.89. The van der Waals surface area contributed by atoms with Crippen LogP contribution in [0.4, 0.5) is 11.6 Å². The summed E-state index contributed by atoms with van der Waals surface area (Å²) in [5.41, 5.74) is 0. The van der Waals surface area contributed by atoms with Gasteiger partial charge in [-0.05, 0) is 12.8 Å². The van der Waals surface area contributed by atoms with Gasteiger partial charge in [0.15, 0.2) is 11.6 Å². The molecule has 3 rings (SSSR count). The molecule has 1 fully saturated rings. The highest BCUT2D eigenvalue weighted by atomic mass is 35.5. The number of halogens is 1. The minimum Gasteiger partial charge on any atom is -0.360 e. The average molecular weight is 307 g/mol. The number of hydrogen-bond acceptors (Lipinski definition) is 5. The van der Waals surface area contributed by atoms with E-state index in [4.69, 9.17) is 11.6 Å². The number of piperidine rings is 1. The molecule has 0 atom stereocenters. The first kappa shape index (κ1) is 14.1. The fourth-order valence-corrected chi connectivity index (χ4v) is 2.86. The Bertz CT molecular complexity index is 603. The van der Waals surface area contributed by atoms with Gasteiger partial charge in [-0.2, -0.15) is 5.10 Å². The zero-order valence-electron chi connectivity index (χ0n) is 12.3. The summed E-state index contributed by atoms with van der Waals surface area (Å²) >= 11 is 5.94. The van der Waals surface area contributed by atoms with Crippen LogP contribution in [0.3, 0.4) is 0 Å². The van der Waals surface area contributed by atoms with Crippen molar-refractivity contribution in [2.45, 2.75) is 18.9 Å². The van der Waals surface area contributed by atoms with Crippen molar-refractivity contribution in [2.24, 2.45) is 0 Å². The van der Waals surface area contributed by atoms with Crippen LogP contribution in [0, 0.1) is 0 Å². The molecule has 0 unspecified atom stereocenters. The molecule has 2 aromatic heterocycles. The van der Waals surface area contributed by atoms with Crippen LogP contribution in [0.5, 0.6) is 0 Å². The van der Waals surface area contributed by atoms with E-state index in [0.717, 1.165) is 37.6 Å². The Hall–Kier alpha value is -1.82. The van der Waals surface area contributed by atoms with Gasteiger partial charge >= 0.3 is 0 Å². The van der Waals surface area contributed by atoms with Crippen LogP contribution in [0.2, 0.25) is 5.02 Å². The summed E-state index contributed by atoms with van der Waals surface area (Å²) in [5, 5.41) is 5.01. The van der Waals surface area contributed by atoms with Crippen molar-refractivity contribution in [3.8, 4) is 0 Å². The first-order chi connectivity index (χ1) is 10.1. The molecule has 0 aromatic carbocycles. The van der Waals surface area contributed by atoms with Crippen LogP contribution in [0.15, 0.2) is 24.8 Å².